The van der Waals surface area contributed by atoms with E-state index >= 15 is 0 Å². The van der Waals surface area contributed by atoms with Crippen molar-refractivity contribution in [3.05, 3.63) is 301 Å². The van der Waals surface area contributed by atoms with E-state index in [0.29, 0.717) is 0 Å². The van der Waals surface area contributed by atoms with Crippen LogP contribution in [0.1, 0.15) is 22.3 Å². The predicted octanol–water partition coefficient (Wildman–Crippen LogP) is 20.8. The molecule has 0 saturated carbocycles. The maximum Gasteiger partial charge on any atom is 0.0713 e. The molecule has 0 nitrogen and oxygen atoms in total. The fourth-order valence-electron chi connectivity index (χ4n) is 12.3. The summed E-state index contributed by atoms with van der Waals surface area (Å²) >= 11 is 3.81. The first-order valence-corrected chi connectivity index (χ1v) is 27.4. The lowest BCUT2D eigenvalue weighted by Gasteiger charge is -2.34. The zero-order valence-electron chi connectivity index (χ0n) is 40.9. The normalized spacial score (nSPS) is 12.6. The zero-order valence-corrected chi connectivity index (χ0v) is 42.5. The lowest BCUT2D eigenvalue weighted by atomic mass is 9.67. The minimum Gasteiger partial charge on any atom is -0.135 e. The highest BCUT2D eigenvalue weighted by atomic mass is 32.1. The van der Waals surface area contributed by atoms with Crippen LogP contribution in [0.4, 0.5) is 0 Å². The quantitative estimate of drug-likeness (QED) is 0.142. The summed E-state index contributed by atoms with van der Waals surface area (Å²) in [6, 6.07) is 104. The zero-order chi connectivity index (χ0) is 49.5. The molecule has 0 saturated heterocycles. The molecule has 75 heavy (non-hydrogen) atoms. The van der Waals surface area contributed by atoms with Crippen LogP contribution in [0.2, 0.25) is 0 Å². The van der Waals surface area contributed by atoms with Gasteiger partial charge in [0.05, 0.1) is 5.41 Å². The van der Waals surface area contributed by atoms with Crippen LogP contribution >= 0.6 is 22.7 Å². The highest BCUT2D eigenvalue weighted by molar-refractivity contribution is 7.26. The molecule has 2 heterocycles. The smallest absolute Gasteiger partial charge is 0.0713 e. The molecule has 350 valence electrons. The van der Waals surface area contributed by atoms with Gasteiger partial charge in [0.2, 0.25) is 0 Å². The van der Waals surface area contributed by atoms with Gasteiger partial charge in [-0.25, -0.2) is 0 Å². The van der Waals surface area contributed by atoms with Crippen molar-refractivity contribution in [2.24, 2.45) is 0 Å². The maximum atomic E-state index is 2.51. The number of benzene rings is 12. The monoisotopic (exact) mass is 986 g/mol. The van der Waals surface area contributed by atoms with Gasteiger partial charge in [-0.15, -0.1) is 22.7 Å². The van der Waals surface area contributed by atoms with Gasteiger partial charge < -0.3 is 0 Å². The number of fused-ring (bicyclic) bond motifs is 9. The number of thiophene rings is 2. The van der Waals surface area contributed by atoms with Crippen molar-refractivity contribution in [2.45, 2.75) is 5.41 Å². The van der Waals surface area contributed by atoms with Gasteiger partial charge >= 0.3 is 0 Å². The molecule has 2 heteroatoms. The molecular formula is C73H46S2. The molecule has 0 atom stereocenters. The number of rotatable bonds is 8. The van der Waals surface area contributed by atoms with Gasteiger partial charge in [-0.3, -0.25) is 0 Å². The summed E-state index contributed by atoms with van der Waals surface area (Å²) in [6.45, 7) is 0. The molecule has 0 fully saturated rings. The Hall–Kier alpha value is -8.92. The summed E-state index contributed by atoms with van der Waals surface area (Å²) in [5, 5.41) is 5.16. The molecule has 12 aromatic carbocycles. The molecule has 0 N–H and O–H groups in total. The highest BCUT2D eigenvalue weighted by Crippen LogP contribution is 2.57. The van der Waals surface area contributed by atoms with Crippen molar-refractivity contribution in [3.8, 4) is 77.9 Å². The largest absolute Gasteiger partial charge is 0.135 e. The summed E-state index contributed by atoms with van der Waals surface area (Å²) in [7, 11) is 0. The summed E-state index contributed by atoms with van der Waals surface area (Å²) in [5.41, 5.74) is 21.7. The summed E-state index contributed by atoms with van der Waals surface area (Å²) < 4.78 is 5.19. The molecule has 15 rings (SSSR count). The second kappa shape index (κ2) is 17.6. The minimum atomic E-state index is -0.624. The number of hydrogen-bond acceptors (Lipinski definition) is 2. The molecule has 2 aromatic heterocycles. The Balaban J connectivity index is 0.964. The first kappa shape index (κ1) is 43.6. The molecule has 0 amide bonds. The van der Waals surface area contributed by atoms with E-state index in [-0.39, 0.29) is 0 Å². The minimum absolute atomic E-state index is 0.624. The lowest BCUT2D eigenvalue weighted by Crippen LogP contribution is -2.28. The van der Waals surface area contributed by atoms with Crippen LogP contribution in [-0.2, 0) is 5.41 Å². The van der Waals surface area contributed by atoms with Crippen molar-refractivity contribution in [1.29, 1.82) is 0 Å². The van der Waals surface area contributed by atoms with Crippen LogP contribution in [0.15, 0.2) is 279 Å². The predicted molar refractivity (Wildman–Crippen MR) is 322 cm³/mol. The average Bonchev–Trinajstić information content (AvgIpc) is 4.27. The molecule has 1 aliphatic rings. The van der Waals surface area contributed by atoms with E-state index < -0.39 is 5.41 Å². The van der Waals surface area contributed by atoms with E-state index in [1.54, 1.807) is 0 Å². The van der Waals surface area contributed by atoms with Gasteiger partial charge in [-0.05, 0) is 150 Å². The van der Waals surface area contributed by atoms with E-state index in [2.05, 4.69) is 279 Å². The third-order valence-corrected chi connectivity index (χ3v) is 18.2. The Morgan fingerprint density at radius 1 is 0.213 bits per heavy atom. The SMILES string of the molecule is c1ccc(-c2ccc3sc4c(-c5cccc(C6(c7cccc(-c8cc(-c9ccccc9)cc9c8sc8ccc(-c%10ccccc%10)cc89)c7)c7ccccc7-c7ccccc76)c5)cc(-c5ccccc5)cc4c3c2)cc1. The fourth-order valence-corrected chi connectivity index (χ4v) is 14.7. The van der Waals surface area contributed by atoms with Crippen molar-refractivity contribution in [3.63, 3.8) is 0 Å². The Kier molecular flexibility index (Phi) is 10.3. The lowest BCUT2D eigenvalue weighted by molar-refractivity contribution is 0.769. The van der Waals surface area contributed by atoms with Gasteiger partial charge in [0, 0.05) is 51.5 Å². The van der Waals surface area contributed by atoms with E-state index in [1.165, 1.54) is 140 Å². The van der Waals surface area contributed by atoms with Gasteiger partial charge in [0.15, 0.2) is 0 Å². The molecule has 0 aliphatic heterocycles. The van der Waals surface area contributed by atoms with Crippen molar-refractivity contribution in [2.75, 3.05) is 0 Å². The van der Waals surface area contributed by atoms with Gasteiger partial charge in [-0.2, -0.15) is 0 Å². The third kappa shape index (κ3) is 7.09. The van der Waals surface area contributed by atoms with E-state index in [9.17, 15) is 0 Å². The second-order valence-corrected chi connectivity index (χ2v) is 22.0. The summed E-state index contributed by atoms with van der Waals surface area (Å²) in [6.07, 6.45) is 0. The third-order valence-electron chi connectivity index (χ3n) is 15.7. The summed E-state index contributed by atoms with van der Waals surface area (Å²) in [5.74, 6) is 0. The first-order chi connectivity index (χ1) is 37.2. The van der Waals surface area contributed by atoms with E-state index in [1.807, 2.05) is 22.7 Å². The van der Waals surface area contributed by atoms with Crippen LogP contribution in [0.5, 0.6) is 0 Å². The molecular weight excluding hydrogens is 941 g/mol. The first-order valence-electron chi connectivity index (χ1n) is 25.8. The van der Waals surface area contributed by atoms with Crippen LogP contribution in [0.25, 0.3) is 118 Å². The van der Waals surface area contributed by atoms with Crippen LogP contribution in [-0.4, -0.2) is 0 Å². The van der Waals surface area contributed by atoms with Crippen molar-refractivity contribution in [1.82, 2.24) is 0 Å². The van der Waals surface area contributed by atoms with E-state index in [0.717, 1.165) is 0 Å². The topological polar surface area (TPSA) is 0 Å². The molecule has 0 radical (unpaired) electrons. The molecule has 0 spiro atoms. The van der Waals surface area contributed by atoms with Crippen LogP contribution < -0.4 is 0 Å². The molecule has 14 aromatic rings. The standard InChI is InChI=1S/C73H46S2/c1-5-19-47(20-6-1)51-35-37-69-63(41-51)65-45-55(49-23-9-3-10-24-49)43-61(71(65)74-69)53-27-17-29-57(39-53)73(67-33-15-13-31-59(67)60-32-14-16-34-68(60)73)58-30-18-28-54(40-58)62-44-56(50-25-11-4-12-26-50)46-66-64-42-52(48-21-7-2-8-22-48)36-38-70(64)75-72(62)66/h1-46H. The van der Waals surface area contributed by atoms with Crippen LogP contribution in [0, 0.1) is 0 Å². The Morgan fingerprint density at radius 3 is 0.973 bits per heavy atom. The Bertz CT molecular complexity index is 4210. The van der Waals surface area contributed by atoms with Gasteiger partial charge in [0.1, 0.15) is 0 Å². The van der Waals surface area contributed by atoms with Crippen molar-refractivity contribution >= 4 is 63.0 Å². The maximum absolute atomic E-state index is 2.51. The highest BCUT2D eigenvalue weighted by Gasteiger charge is 2.46. The van der Waals surface area contributed by atoms with E-state index in [4.69, 9.17) is 0 Å². The number of hydrogen-bond donors (Lipinski definition) is 0. The second-order valence-electron chi connectivity index (χ2n) is 19.9. The van der Waals surface area contributed by atoms with Gasteiger partial charge in [-0.1, -0.05) is 218 Å². The molecule has 0 unspecified atom stereocenters. The Labute approximate surface area is 444 Å². The van der Waals surface area contributed by atoms with Crippen LogP contribution in [0.3, 0.4) is 0 Å². The molecule has 1 aliphatic carbocycles. The summed E-state index contributed by atoms with van der Waals surface area (Å²) in [4.78, 5) is 0. The average molecular weight is 987 g/mol. The van der Waals surface area contributed by atoms with Crippen molar-refractivity contribution < 1.29 is 0 Å². The van der Waals surface area contributed by atoms with Gasteiger partial charge in [0.25, 0.3) is 0 Å². The molecule has 0 bridgehead atoms. The Morgan fingerprint density at radius 2 is 0.560 bits per heavy atom. The fraction of sp³-hybridized carbons (Fsp3) is 0.0137.